The van der Waals surface area contributed by atoms with E-state index in [-0.39, 0.29) is 5.41 Å². The zero-order valence-corrected chi connectivity index (χ0v) is 15.2. The summed E-state index contributed by atoms with van der Waals surface area (Å²) < 4.78 is 5.13. The molecule has 1 amide bonds. The topological polar surface area (TPSA) is 53.0 Å². The molecule has 1 aromatic rings. The molecule has 1 atom stereocenters. The number of methoxy groups -OCH3 is 1. The molecule has 5 nitrogen and oxygen atoms in total. The van der Waals surface area contributed by atoms with Gasteiger partial charge in [0.15, 0.2) is 0 Å². The number of nitrogens with zero attached hydrogens (tertiary/aromatic N) is 2. The maximum absolute atomic E-state index is 12.3. The zero-order valence-electron chi connectivity index (χ0n) is 15.2. The van der Waals surface area contributed by atoms with Crippen molar-refractivity contribution in [2.45, 2.75) is 38.6 Å². The molecule has 1 spiro atoms. The van der Waals surface area contributed by atoms with Crippen molar-refractivity contribution in [2.24, 2.45) is 5.41 Å². The average Bonchev–Trinajstić information content (AvgIpc) is 2.59. The van der Waals surface area contributed by atoms with E-state index in [1.54, 1.807) is 13.2 Å². The van der Waals surface area contributed by atoms with Gasteiger partial charge in [-0.2, -0.15) is 0 Å². The lowest BCUT2D eigenvalue weighted by Gasteiger charge is -2.48. The van der Waals surface area contributed by atoms with Crippen LogP contribution in [0.1, 0.15) is 37.7 Å². The van der Waals surface area contributed by atoms with Gasteiger partial charge in [-0.15, -0.1) is 0 Å². The van der Waals surface area contributed by atoms with Crippen LogP contribution in [0.2, 0.25) is 0 Å². The number of rotatable bonds is 6. The molecule has 0 radical (unpaired) electrons. The molecule has 0 bridgehead atoms. The first-order valence-electron chi connectivity index (χ1n) is 9.37. The summed E-state index contributed by atoms with van der Waals surface area (Å²) in [7, 11) is 1.71. The van der Waals surface area contributed by atoms with Gasteiger partial charge in [-0.05, 0) is 49.9 Å². The highest BCUT2D eigenvalue weighted by molar-refractivity contribution is 5.77. The summed E-state index contributed by atoms with van der Waals surface area (Å²) in [6, 6.07) is 7.54. The largest absolute Gasteiger partial charge is 0.508 e. The molecule has 1 unspecified atom stereocenters. The number of phenolic OH excluding ortho intramolecular Hbond substituents is 1. The van der Waals surface area contributed by atoms with Gasteiger partial charge in [0.25, 0.3) is 0 Å². The van der Waals surface area contributed by atoms with Crippen molar-refractivity contribution in [1.82, 2.24) is 9.80 Å². The number of hydrogen-bond acceptors (Lipinski definition) is 4. The number of phenols is 1. The molecule has 25 heavy (non-hydrogen) atoms. The standard InChI is InChI=1S/C20H30N2O3/c1-25-12-4-11-22-16-20(9-7-19(22)24)8-3-10-21(15-20)14-17-5-2-6-18(23)13-17/h2,5-6,13,23H,3-4,7-12,14-16H2,1H3. The van der Waals surface area contributed by atoms with E-state index in [0.717, 1.165) is 51.1 Å². The van der Waals surface area contributed by atoms with E-state index >= 15 is 0 Å². The fourth-order valence-electron chi connectivity index (χ4n) is 4.40. The van der Waals surface area contributed by atoms with Crippen molar-refractivity contribution in [2.75, 3.05) is 39.9 Å². The number of amides is 1. The third-order valence-electron chi connectivity index (χ3n) is 5.58. The van der Waals surface area contributed by atoms with Crippen LogP contribution in [-0.2, 0) is 16.1 Å². The van der Waals surface area contributed by atoms with Gasteiger partial charge < -0.3 is 14.7 Å². The molecule has 0 aromatic heterocycles. The second-order valence-electron chi connectivity index (χ2n) is 7.65. The molecular formula is C20H30N2O3. The van der Waals surface area contributed by atoms with Crippen LogP contribution in [0.3, 0.4) is 0 Å². The number of aromatic hydroxyl groups is 1. The lowest BCUT2D eigenvalue weighted by Crippen LogP contribution is -2.54. The van der Waals surface area contributed by atoms with Gasteiger partial charge in [-0.3, -0.25) is 9.69 Å². The summed E-state index contributed by atoms with van der Waals surface area (Å²) in [6.45, 7) is 5.40. The molecule has 138 valence electrons. The second-order valence-corrected chi connectivity index (χ2v) is 7.65. The minimum absolute atomic E-state index is 0.232. The molecule has 0 saturated carbocycles. The summed E-state index contributed by atoms with van der Waals surface area (Å²) in [5, 5.41) is 9.68. The summed E-state index contributed by atoms with van der Waals surface area (Å²) in [4.78, 5) is 16.8. The van der Waals surface area contributed by atoms with Gasteiger partial charge >= 0.3 is 0 Å². The smallest absolute Gasteiger partial charge is 0.222 e. The molecule has 1 aromatic carbocycles. The highest BCUT2D eigenvalue weighted by Gasteiger charge is 2.41. The Kier molecular flexibility index (Phi) is 5.97. The Morgan fingerprint density at radius 1 is 1.28 bits per heavy atom. The maximum Gasteiger partial charge on any atom is 0.222 e. The fraction of sp³-hybridized carbons (Fsp3) is 0.650. The number of likely N-dealkylation sites (tertiary alicyclic amines) is 2. The van der Waals surface area contributed by atoms with E-state index in [4.69, 9.17) is 4.74 Å². The molecule has 2 saturated heterocycles. The van der Waals surface area contributed by atoms with E-state index in [1.807, 2.05) is 12.1 Å². The molecular weight excluding hydrogens is 316 g/mol. The zero-order chi connectivity index (χ0) is 17.7. The van der Waals surface area contributed by atoms with Crippen LogP contribution in [0.25, 0.3) is 0 Å². The molecule has 2 aliphatic rings. The molecule has 3 rings (SSSR count). The summed E-state index contributed by atoms with van der Waals surface area (Å²) >= 11 is 0. The van der Waals surface area contributed by atoms with Gasteiger partial charge in [0.2, 0.25) is 5.91 Å². The fourth-order valence-corrected chi connectivity index (χ4v) is 4.40. The van der Waals surface area contributed by atoms with Crippen molar-refractivity contribution >= 4 is 5.91 Å². The van der Waals surface area contributed by atoms with Crippen LogP contribution in [0.4, 0.5) is 0 Å². The van der Waals surface area contributed by atoms with Crippen molar-refractivity contribution in [3.8, 4) is 5.75 Å². The predicted molar refractivity (Wildman–Crippen MR) is 97.4 cm³/mol. The van der Waals surface area contributed by atoms with Crippen LogP contribution in [0.5, 0.6) is 5.75 Å². The molecule has 5 heteroatoms. The normalized spacial score (nSPS) is 24.8. The molecule has 2 fully saturated rings. The van der Waals surface area contributed by atoms with E-state index in [2.05, 4.69) is 15.9 Å². The van der Waals surface area contributed by atoms with E-state index in [9.17, 15) is 9.90 Å². The van der Waals surface area contributed by atoms with Crippen molar-refractivity contribution in [3.63, 3.8) is 0 Å². The van der Waals surface area contributed by atoms with Gasteiger partial charge in [0, 0.05) is 51.7 Å². The average molecular weight is 346 g/mol. The van der Waals surface area contributed by atoms with Crippen molar-refractivity contribution in [3.05, 3.63) is 29.8 Å². The Morgan fingerprint density at radius 2 is 2.16 bits per heavy atom. The Bertz CT molecular complexity index is 592. The lowest BCUT2D eigenvalue weighted by atomic mass is 9.73. The lowest BCUT2D eigenvalue weighted by molar-refractivity contribution is -0.139. The van der Waals surface area contributed by atoms with Crippen LogP contribution < -0.4 is 0 Å². The quantitative estimate of drug-likeness (QED) is 0.805. The summed E-state index contributed by atoms with van der Waals surface area (Å²) in [5.74, 6) is 0.628. The van der Waals surface area contributed by atoms with Crippen LogP contribution in [-0.4, -0.2) is 60.7 Å². The highest BCUT2D eigenvalue weighted by Crippen LogP contribution is 2.39. The number of hydrogen-bond donors (Lipinski definition) is 1. The Hall–Kier alpha value is -1.59. The molecule has 2 aliphatic heterocycles. The monoisotopic (exact) mass is 346 g/mol. The molecule has 2 heterocycles. The minimum atomic E-state index is 0.232. The Balaban J connectivity index is 1.61. The maximum atomic E-state index is 12.3. The summed E-state index contributed by atoms with van der Waals surface area (Å²) in [5.41, 5.74) is 1.39. The number of carbonyl (C=O) groups excluding carboxylic acids is 1. The predicted octanol–water partition coefficient (Wildman–Crippen LogP) is 2.63. The van der Waals surface area contributed by atoms with Crippen molar-refractivity contribution in [1.29, 1.82) is 0 Å². The Morgan fingerprint density at radius 3 is 2.96 bits per heavy atom. The minimum Gasteiger partial charge on any atom is -0.508 e. The van der Waals surface area contributed by atoms with Crippen LogP contribution in [0, 0.1) is 5.41 Å². The number of benzene rings is 1. The van der Waals surface area contributed by atoms with Gasteiger partial charge in [0.05, 0.1) is 0 Å². The second kappa shape index (κ2) is 8.19. The third kappa shape index (κ3) is 4.73. The Labute approximate surface area is 150 Å². The number of piperidine rings is 2. The van der Waals surface area contributed by atoms with E-state index in [0.29, 0.717) is 24.7 Å². The summed E-state index contributed by atoms with van der Waals surface area (Å²) in [6.07, 6.45) is 4.97. The first-order chi connectivity index (χ1) is 12.1. The van der Waals surface area contributed by atoms with Gasteiger partial charge in [-0.1, -0.05) is 12.1 Å². The van der Waals surface area contributed by atoms with Crippen LogP contribution in [0.15, 0.2) is 24.3 Å². The molecule has 1 N–H and O–H groups in total. The first kappa shape index (κ1) is 18.2. The SMILES string of the molecule is COCCCN1CC2(CCCN(Cc3cccc(O)c3)C2)CCC1=O. The molecule has 0 aliphatic carbocycles. The highest BCUT2D eigenvalue weighted by atomic mass is 16.5. The third-order valence-corrected chi connectivity index (χ3v) is 5.58. The van der Waals surface area contributed by atoms with Crippen LogP contribution >= 0.6 is 0 Å². The number of carbonyl (C=O) groups is 1. The van der Waals surface area contributed by atoms with Crippen molar-refractivity contribution < 1.29 is 14.6 Å². The van der Waals surface area contributed by atoms with Gasteiger partial charge in [-0.25, -0.2) is 0 Å². The van der Waals surface area contributed by atoms with E-state index < -0.39 is 0 Å². The van der Waals surface area contributed by atoms with Gasteiger partial charge in [0.1, 0.15) is 5.75 Å². The number of ether oxygens (including phenoxy) is 1. The first-order valence-corrected chi connectivity index (χ1v) is 9.37. The van der Waals surface area contributed by atoms with E-state index in [1.165, 1.54) is 12.8 Å².